The van der Waals surface area contributed by atoms with Crippen molar-refractivity contribution in [2.24, 2.45) is 0 Å². The van der Waals surface area contributed by atoms with E-state index in [2.05, 4.69) is 31.1 Å². The number of halogens is 1. The Hall–Kier alpha value is -1.88. The van der Waals surface area contributed by atoms with E-state index in [4.69, 9.17) is 4.42 Å². The number of anilines is 1. The molecule has 0 bridgehead atoms. The lowest BCUT2D eigenvalue weighted by Crippen LogP contribution is -2.35. The Balaban J connectivity index is 2.17. The molecule has 0 unspecified atom stereocenters. The molecule has 0 aliphatic heterocycles. The second kappa shape index (κ2) is 6.26. The Kier molecular flexibility index (Phi) is 4.63. The number of aromatic nitrogens is 1. The summed E-state index contributed by atoms with van der Waals surface area (Å²) in [5.41, 5.74) is 1.86. The molecule has 2 rings (SSSR count). The summed E-state index contributed by atoms with van der Waals surface area (Å²) < 4.78 is 18.6. The van der Waals surface area contributed by atoms with Crippen LogP contribution in [-0.4, -0.2) is 17.6 Å². The van der Waals surface area contributed by atoms with Gasteiger partial charge in [-0.1, -0.05) is 0 Å². The van der Waals surface area contributed by atoms with E-state index in [0.29, 0.717) is 13.1 Å². The normalized spacial score (nSPS) is 11.7. The van der Waals surface area contributed by atoms with Gasteiger partial charge in [-0.25, -0.2) is 9.37 Å². The molecule has 0 saturated heterocycles. The highest BCUT2D eigenvalue weighted by atomic mass is 19.1. The van der Waals surface area contributed by atoms with Crippen LogP contribution in [0, 0.1) is 5.82 Å². The molecule has 4 nitrogen and oxygen atoms in total. The van der Waals surface area contributed by atoms with Crippen molar-refractivity contribution in [3.05, 3.63) is 47.8 Å². The van der Waals surface area contributed by atoms with Crippen molar-refractivity contribution in [2.45, 2.75) is 39.4 Å². The molecule has 5 heteroatoms. The van der Waals surface area contributed by atoms with Crippen molar-refractivity contribution in [3.8, 4) is 0 Å². The van der Waals surface area contributed by atoms with Crippen molar-refractivity contribution in [1.29, 1.82) is 0 Å². The molecule has 0 amide bonds. The van der Waals surface area contributed by atoms with Gasteiger partial charge in [-0.05, 0) is 32.9 Å². The van der Waals surface area contributed by atoms with Crippen LogP contribution in [0.5, 0.6) is 0 Å². The molecule has 0 aromatic carbocycles. The lowest BCUT2D eigenvalue weighted by molar-refractivity contribution is 0.423. The van der Waals surface area contributed by atoms with Gasteiger partial charge in [0.1, 0.15) is 11.6 Å². The van der Waals surface area contributed by atoms with Crippen LogP contribution in [0.4, 0.5) is 10.2 Å². The zero-order valence-corrected chi connectivity index (χ0v) is 13.0. The van der Waals surface area contributed by atoms with Crippen molar-refractivity contribution < 1.29 is 8.81 Å². The Morgan fingerprint density at radius 2 is 2.14 bits per heavy atom. The molecular weight excluding hydrogens is 269 g/mol. The van der Waals surface area contributed by atoms with Gasteiger partial charge < -0.3 is 14.6 Å². The molecular formula is C16H22FN3O. The van der Waals surface area contributed by atoms with Gasteiger partial charge in [-0.3, -0.25) is 0 Å². The van der Waals surface area contributed by atoms with E-state index in [1.54, 1.807) is 12.5 Å². The van der Waals surface area contributed by atoms with Gasteiger partial charge in [-0.15, -0.1) is 0 Å². The maximum absolute atomic E-state index is 13.5. The Labute approximate surface area is 125 Å². The second-order valence-corrected chi connectivity index (χ2v) is 6.23. The number of furan rings is 1. The topological polar surface area (TPSA) is 41.3 Å². The Bertz CT molecular complexity index is 576. The van der Waals surface area contributed by atoms with E-state index in [0.717, 1.165) is 16.9 Å². The predicted molar refractivity (Wildman–Crippen MR) is 81.6 cm³/mol. The van der Waals surface area contributed by atoms with Crippen LogP contribution in [-0.2, 0) is 13.1 Å². The number of nitrogens with one attached hydrogen (secondary N) is 1. The smallest absolute Gasteiger partial charge is 0.141 e. The SMILES string of the molecule is CN(Cc1ccoc1)c1ncc(F)cc1CNC(C)(C)C. The molecule has 2 aromatic rings. The van der Waals surface area contributed by atoms with Gasteiger partial charge in [0, 0.05) is 36.8 Å². The van der Waals surface area contributed by atoms with Gasteiger partial charge >= 0.3 is 0 Å². The van der Waals surface area contributed by atoms with Gasteiger partial charge in [0.2, 0.25) is 0 Å². The fourth-order valence-electron chi connectivity index (χ4n) is 2.04. The minimum absolute atomic E-state index is 0.0350. The van der Waals surface area contributed by atoms with Crippen molar-refractivity contribution in [3.63, 3.8) is 0 Å². The number of hydrogen-bond donors (Lipinski definition) is 1. The van der Waals surface area contributed by atoms with Crippen molar-refractivity contribution in [2.75, 3.05) is 11.9 Å². The summed E-state index contributed by atoms with van der Waals surface area (Å²) >= 11 is 0. The van der Waals surface area contributed by atoms with E-state index in [1.165, 1.54) is 12.3 Å². The summed E-state index contributed by atoms with van der Waals surface area (Å²) in [6.07, 6.45) is 4.60. The largest absolute Gasteiger partial charge is 0.472 e. The van der Waals surface area contributed by atoms with Gasteiger partial charge in [0.05, 0.1) is 18.7 Å². The first-order chi connectivity index (χ1) is 9.85. The highest BCUT2D eigenvalue weighted by Crippen LogP contribution is 2.20. The third-order valence-electron chi connectivity index (χ3n) is 3.08. The summed E-state index contributed by atoms with van der Waals surface area (Å²) in [4.78, 5) is 6.23. The minimum Gasteiger partial charge on any atom is -0.472 e. The minimum atomic E-state index is -0.318. The molecule has 0 radical (unpaired) electrons. The summed E-state index contributed by atoms with van der Waals surface area (Å²) in [5.74, 6) is 0.454. The van der Waals surface area contributed by atoms with Gasteiger partial charge in [0.15, 0.2) is 0 Å². The van der Waals surface area contributed by atoms with E-state index < -0.39 is 0 Å². The Morgan fingerprint density at radius 1 is 1.38 bits per heavy atom. The molecule has 114 valence electrons. The average molecular weight is 291 g/mol. The maximum atomic E-state index is 13.5. The molecule has 2 aromatic heterocycles. The van der Waals surface area contributed by atoms with Crippen molar-refractivity contribution in [1.82, 2.24) is 10.3 Å². The van der Waals surface area contributed by atoms with E-state index in [-0.39, 0.29) is 11.4 Å². The molecule has 21 heavy (non-hydrogen) atoms. The molecule has 0 spiro atoms. The molecule has 0 saturated carbocycles. The van der Waals surface area contributed by atoms with E-state index in [9.17, 15) is 4.39 Å². The van der Waals surface area contributed by atoms with Crippen LogP contribution in [0.2, 0.25) is 0 Å². The quantitative estimate of drug-likeness (QED) is 0.917. The third-order valence-corrected chi connectivity index (χ3v) is 3.08. The summed E-state index contributed by atoms with van der Waals surface area (Å²) in [5, 5.41) is 3.37. The van der Waals surface area contributed by atoms with Crippen LogP contribution in [0.15, 0.2) is 35.3 Å². The van der Waals surface area contributed by atoms with Crippen LogP contribution < -0.4 is 10.2 Å². The molecule has 1 N–H and O–H groups in total. The fourth-order valence-corrected chi connectivity index (χ4v) is 2.04. The summed E-state index contributed by atoms with van der Waals surface area (Å²) in [6, 6.07) is 3.44. The van der Waals surface area contributed by atoms with Gasteiger partial charge in [-0.2, -0.15) is 0 Å². The summed E-state index contributed by atoms with van der Waals surface area (Å²) in [6.45, 7) is 7.47. The average Bonchev–Trinajstić information content (AvgIpc) is 2.88. The fraction of sp³-hybridized carbons (Fsp3) is 0.438. The number of hydrogen-bond acceptors (Lipinski definition) is 4. The first-order valence-corrected chi connectivity index (χ1v) is 6.97. The van der Waals surface area contributed by atoms with E-state index >= 15 is 0 Å². The molecule has 0 atom stereocenters. The molecule has 0 aliphatic carbocycles. The zero-order valence-electron chi connectivity index (χ0n) is 13.0. The number of rotatable bonds is 5. The van der Waals surface area contributed by atoms with Crippen LogP contribution in [0.3, 0.4) is 0 Å². The van der Waals surface area contributed by atoms with Crippen molar-refractivity contribution >= 4 is 5.82 Å². The lowest BCUT2D eigenvalue weighted by atomic mass is 10.1. The first-order valence-electron chi connectivity index (χ1n) is 6.97. The highest BCUT2D eigenvalue weighted by molar-refractivity contribution is 5.46. The van der Waals surface area contributed by atoms with E-state index in [1.807, 2.05) is 18.0 Å². The first kappa shape index (κ1) is 15.5. The monoisotopic (exact) mass is 291 g/mol. The van der Waals surface area contributed by atoms with Crippen LogP contribution in [0.1, 0.15) is 31.9 Å². The third kappa shape index (κ3) is 4.56. The molecule has 2 heterocycles. The highest BCUT2D eigenvalue weighted by Gasteiger charge is 2.15. The molecule has 0 fully saturated rings. The van der Waals surface area contributed by atoms with Crippen LogP contribution in [0.25, 0.3) is 0 Å². The predicted octanol–water partition coefficient (Wildman–Crippen LogP) is 3.34. The second-order valence-electron chi connectivity index (χ2n) is 6.23. The zero-order chi connectivity index (χ0) is 15.5. The number of pyridine rings is 1. The van der Waals surface area contributed by atoms with Crippen LogP contribution >= 0.6 is 0 Å². The lowest BCUT2D eigenvalue weighted by Gasteiger charge is -2.24. The Morgan fingerprint density at radius 3 is 2.76 bits per heavy atom. The maximum Gasteiger partial charge on any atom is 0.141 e. The summed E-state index contributed by atoms with van der Waals surface area (Å²) in [7, 11) is 1.94. The molecule has 0 aliphatic rings. The number of nitrogens with zero attached hydrogens (tertiary/aromatic N) is 2. The standard InChI is InChI=1S/C16H22FN3O/c1-16(2,3)19-8-13-7-14(17)9-18-15(13)20(4)10-12-5-6-21-11-12/h5-7,9,11,19H,8,10H2,1-4H3. The van der Waals surface area contributed by atoms with Gasteiger partial charge in [0.25, 0.3) is 0 Å².